The van der Waals surface area contributed by atoms with Crippen molar-refractivity contribution < 1.29 is 38.9 Å². The minimum atomic E-state index is -4.55. The van der Waals surface area contributed by atoms with Crippen molar-refractivity contribution >= 4 is 81.3 Å². The van der Waals surface area contributed by atoms with Crippen molar-refractivity contribution in [2.24, 2.45) is 4.99 Å². The molecule has 3 aromatic rings. The maximum atomic E-state index is 14.5. The van der Waals surface area contributed by atoms with Crippen LogP contribution in [0.2, 0.25) is 0 Å². The number of pyridine rings is 1. The van der Waals surface area contributed by atoms with Crippen LogP contribution in [0.1, 0.15) is 109 Å². The summed E-state index contributed by atoms with van der Waals surface area (Å²) in [5.41, 5.74) is 1.96. The summed E-state index contributed by atoms with van der Waals surface area (Å²) in [6, 6.07) is 10.2. The molecule has 3 N–H and O–H groups in total. The Hall–Kier alpha value is -2.68. The van der Waals surface area contributed by atoms with Crippen LogP contribution in [0.25, 0.3) is 17.0 Å². The zero-order chi connectivity index (χ0) is 42.6. The van der Waals surface area contributed by atoms with Crippen LogP contribution < -0.4 is 10.5 Å². The molecule has 0 amide bonds. The zero-order valence-electron chi connectivity index (χ0n) is 33.6. The van der Waals surface area contributed by atoms with Gasteiger partial charge in [-0.1, -0.05) is 72.3 Å². The van der Waals surface area contributed by atoms with Gasteiger partial charge in [-0.3, -0.25) is 23.4 Å². The normalized spacial score (nSPS) is 13.2. The Balaban J connectivity index is 2.24. The highest BCUT2D eigenvalue weighted by atomic mass is 127. The van der Waals surface area contributed by atoms with Gasteiger partial charge in [0.15, 0.2) is 0 Å². The number of hydrogen-bond donors (Lipinski definition) is 3. The molecule has 13 nitrogen and oxygen atoms in total. The summed E-state index contributed by atoms with van der Waals surface area (Å²) in [5, 5.41) is 0.767. The fourth-order valence-electron chi connectivity index (χ4n) is 6.82. The maximum Gasteiger partial charge on any atom is 0.294 e. The van der Waals surface area contributed by atoms with E-state index in [9.17, 15) is 43.7 Å². The van der Waals surface area contributed by atoms with E-state index >= 15 is 0 Å². The van der Waals surface area contributed by atoms with Crippen molar-refractivity contribution in [1.29, 1.82) is 0 Å². The van der Waals surface area contributed by atoms with Crippen LogP contribution in [0.15, 0.2) is 57.2 Å². The van der Waals surface area contributed by atoms with E-state index in [1.165, 1.54) is 16.7 Å². The third-order valence-electron chi connectivity index (χ3n) is 10.1. The molecule has 0 saturated carbocycles. The molecule has 0 aliphatic rings. The highest BCUT2D eigenvalue weighted by molar-refractivity contribution is 14.1. The number of halogens is 1. The molecular weight excluding hydrogens is 906 g/mol. The van der Waals surface area contributed by atoms with Crippen LogP contribution in [0, 0.1) is 10.5 Å². The Labute approximate surface area is 352 Å². The zero-order valence-corrected chi connectivity index (χ0v) is 38.2. The van der Waals surface area contributed by atoms with Gasteiger partial charge in [-0.25, -0.2) is 0 Å². The molecule has 0 atom stereocenters. The summed E-state index contributed by atoms with van der Waals surface area (Å²) in [6.07, 6.45) is 12.0. The molecule has 0 spiro atoms. The number of benzene rings is 2. The van der Waals surface area contributed by atoms with Gasteiger partial charge in [0.05, 0.1) is 21.9 Å². The molecule has 0 fully saturated rings. The van der Waals surface area contributed by atoms with Gasteiger partial charge in [0.2, 0.25) is 0 Å². The topological polar surface area (TPSA) is 201 Å². The first kappa shape index (κ1) is 48.7. The smallest absolute Gasteiger partial charge is 0.294 e. The van der Waals surface area contributed by atoms with E-state index in [4.69, 9.17) is 0 Å². The molecule has 0 saturated heterocycles. The molecule has 2 aromatic carbocycles. The summed E-state index contributed by atoms with van der Waals surface area (Å²) < 4.78 is 101. The highest BCUT2D eigenvalue weighted by Crippen LogP contribution is 2.33. The Kier molecular flexibility index (Phi) is 18.4. The molecule has 1 aromatic heterocycles. The molecule has 0 radical (unpaired) electrons. The third-order valence-corrected chi connectivity index (χ3v) is 13.5. The van der Waals surface area contributed by atoms with E-state index in [0.717, 1.165) is 75.5 Å². The number of hydrogen-bond acceptors (Lipinski definition) is 9. The number of nitrogens with zero attached hydrogens (tertiary/aromatic N) is 3. The first-order valence-electron chi connectivity index (χ1n) is 19.4. The van der Waals surface area contributed by atoms with Crippen LogP contribution in [0.5, 0.6) is 0 Å². The molecule has 0 aliphatic heterocycles. The Bertz CT molecular complexity index is 2290. The van der Waals surface area contributed by atoms with Crippen molar-refractivity contribution in [1.82, 2.24) is 4.57 Å². The summed E-state index contributed by atoms with van der Waals surface area (Å²) in [6.45, 7) is 11.4. The van der Waals surface area contributed by atoms with Gasteiger partial charge in [0.25, 0.3) is 35.9 Å². The number of aliphatic imine (C=N–C) groups is 1. The number of aryl methyl sites for hydroxylation is 2. The molecule has 57 heavy (non-hydrogen) atoms. The molecule has 0 bridgehead atoms. The second kappa shape index (κ2) is 21.5. The van der Waals surface area contributed by atoms with Crippen molar-refractivity contribution in [3.63, 3.8) is 0 Å². The fourth-order valence-corrected chi connectivity index (χ4v) is 9.32. The highest BCUT2D eigenvalue weighted by Gasteiger charge is 2.30. The van der Waals surface area contributed by atoms with Gasteiger partial charge < -0.3 is 9.47 Å². The summed E-state index contributed by atoms with van der Waals surface area (Å²) >= 11 is 2.05. The first-order valence-corrected chi connectivity index (χ1v) is 25.2. The van der Waals surface area contributed by atoms with E-state index in [2.05, 4.69) is 23.7 Å². The van der Waals surface area contributed by atoms with Crippen molar-refractivity contribution in [2.45, 2.75) is 116 Å². The molecule has 3 rings (SSSR count). The number of allylic oxidation sites excluding steroid dienone is 1. The average Bonchev–Trinajstić information content (AvgIpc) is 3.11. The molecule has 0 unspecified atom stereocenters. The lowest BCUT2D eigenvalue weighted by Crippen LogP contribution is -2.30. The van der Waals surface area contributed by atoms with Crippen LogP contribution in [-0.2, 0) is 42.3 Å². The molecule has 0 aliphatic carbocycles. The van der Waals surface area contributed by atoms with E-state index in [0.29, 0.717) is 31.5 Å². The Morgan fingerprint density at radius 2 is 1.42 bits per heavy atom. The molecular formula is C40H58IN3O10S3. The number of unbranched alkanes of at least 4 members (excludes halogenated alkanes) is 6. The molecule has 17 heteroatoms. The van der Waals surface area contributed by atoms with E-state index in [1.807, 2.05) is 47.7 Å². The number of aromatic nitrogens is 1. The average molecular weight is 964 g/mol. The second-order valence-corrected chi connectivity index (χ2v) is 20.7. The van der Waals surface area contributed by atoms with Crippen LogP contribution >= 0.6 is 22.6 Å². The lowest BCUT2D eigenvalue weighted by Gasteiger charge is -2.28. The van der Waals surface area contributed by atoms with Crippen LogP contribution in [-0.4, -0.2) is 80.3 Å². The lowest BCUT2D eigenvalue weighted by molar-refractivity contribution is 0.477. The predicted octanol–water partition coefficient (Wildman–Crippen LogP) is 8.12. The number of anilines is 1. The fraction of sp³-hybridized carbons (Fsp3) is 0.550. The molecule has 318 valence electrons. The Morgan fingerprint density at radius 3 is 1.98 bits per heavy atom. The first-order chi connectivity index (χ1) is 26.6. The summed E-state index contributed by atoms with van der Waals surface area (Å²) in [7, 11) is -13.1. The minimum Gasteiger partial charge on any atom is -0.371 e. The Morgan fingerprint density at radius 1 is 0.825 bits per heavy atom. The number of fused-ring (bicyclic) bond motifs is 1. The van der Waals surface area contributed by atoms with Gasteiger partial charge in [-0.2, -0.15) is 25.3 Å². The largest absolute Gasteiger partial charge is 0.371 e. The second-order valence-electron chi connectivity index (χ2n) is 14.9. The monoisotopic (exact) mass is 963 g/mol. The summed E-state index contributed by atoms with van der Waals surface area (Å²) in [5.74, 6) is -1.06. The van der Waals surface area contributed by atoms with Gasteiger partial charge in [0, 0.05) is 57.5 Å². The van der Waals surface area contributed by atoms with Crippen LogP contribution in [0.4, 0.5) is 5.69 Å². The standard InChI is InChI=1S/C40H58IN3O10S3/c1-6-8-10-12-23-43(24-13-11-9-7-2)31-16-18-33-30(3)34(39(45)44(37(33)28-31)25-15-27-56(49,50)51)19-21-38(42-22-14-26-55(46,47)48)40(4,5)35-29-32(57(52,53)54)17-20-36(35)41/h16-21,28-29H,6-15,22-27H2,1-5H3,(H,46,47,48)(H,49,50,51)(H,52,53,54)/b21-19+,42-38?. The molecule has 1 heterocycles. The van der Waals surface area contributed by atoms with Crippen LogP contribution in [0.3, 0.4) is 0 Å². The van der Waals surface area contributed by atoms with Gasteiger partial charge in [-0.05, 0) is 109 Å². The number of rotatable bonds is 24. The van der Waals surface area contributed by atoms with Gasteiger partial charge in [0.1, 0.15) is 0 Å². The van der Waals surface area contributed by atoms with Crippen molar-refractivity contribution in [3.05, 3.63) is 73.1 Å². The minimum absolute atomic E-state index is 0.00932. The van der Waals surface area contributed by atoms with Gasteiger partial charge >= 0.3 is 0 Å². The lowest BCUT2D eigenvalue weighted by atomic mass is 9.79. The predicted molar refractivity (Wildman–Crippen MR) is 239 cm³/mol. The van der Waals surface area contributed by atoms with Gasteiger partial charge in [-0.15, -0.1) is 0 Å². The van der Waals surface area contributed by atoms with Crippen molar-refractivity contribution in [3.8, 4) is 0 Å². The van der Waals surface area contributed by atoms with Crippen molar-refractivity contribution in [2.75, 3.05) is 36.0 Å². The SMILES string of the molecule is CCCCCCN(CCCCCC)c1ccc2c(C)c(/C=C/C(=NCCCS(=O)(=O)O)C(C)(C)c3cc(S(=O)(=O)O)ccc3I)c(=O)n(CCCS(=O)(=O)O)c2c1. The quantitative estimate of drug-likeness (QED) is 0.0339. The van der Waals surface area contributed by atoms with E-state index in [-0.39, 0.29) is 30.8 Å². The maximum absolute atomic E-state index is 14.5. The summed E-state index contributed by atoms with van der Waals surface area (Å²) in [4.78, 5) is 21.2. The third kappa shape index (κ3) is 14.8. The van der Waals surface area contributed by atoms with E-state index < -0.39 is 52.8 Å². The van der Waals surface area contributed by atoms with E-state index in [1.54, 1.807) is 32.1 Å².